The first kappa shape index (κ1) is 12.7. The third-order valence-corrected chi connectivity index (χ3v) is 3.06. The average Bonchev–Trinajstić information content (AvgIpc) is 2.39. The van der Waals surface area contributed by atoms with Gasteiger partial charge < -0.3 is 10.6 Å². The highest BCUT2D eigenvalue weighted by Gasteiger charge is 2.10. The number of benzene rings is 1. The standard InChI is InChI=1S/C13H16N4S/c1-2-17(8-7-12(14)18)13-11-6-4-3-5-10(11)9-15-16-13/h3-6,9H,2,7-8H2,1H3,(H2,14,18). The third-order valence-electron chi connectivity index (χ3n) is 2.86. The molecule has 1 aromatic heterocycles. The molecule has 94 valence electrons. The summed E-state index contributed by atoms with van der Waals surface area (Å²) >= 11 is 4.92. The van der Waals surface area contributed by atoms with Crippen LogP contribution in [0, 0.1) is 0 Å². The van der Waals surface area contributed by atoms with E-state index in [4.69, 9.17) is 18.0 Å². The summed E-state index contributed by atoms with van der Waals surface area (Å²) in [7, 11) is 0. The maximum atomic E-state index is 5.55. The summed E-state index contributed by atoms with van der Waals surface area (Å²) in [6.45, 7) is 3.71. The lowest BCUT2D eigenvalue weighted by Crippen LogP contribution is -2.28. The smallest absolute Gasteiger partial charge is 0.159 e. The third kappa shape index (κ3) is 2.73. The van der Waals surface area contributed by atoms with Crippen molar-refractivity contribution in [1.82, 2.24) is 10.2 Å². The first-order chi connectivity index (χ1) is 8.72. The van der Waals surface area contributed by atoms with Crippen LogP contribution < -0.4 is 10.6 Å². The molecule has 0 bridgehead atoms. The van der Waals surface area contributed by atoms with Crippen LogP contribution in [0.5, 0.6) is 0 Å². The van der Waals surface area contributed by atoms with Crippen LogP contribution in [0.3, 0.4) is 0 Å². The molecule has 2 rings (SSSR count). The van der Waals surface area contributed by atoms with Crippen LogP contribution in [-0.2, 0) is 0 Å². The van der Waals surface area contributed by atoms with E-state index in [0.717, 1.165) is 29.7 Å². The normalized spacial score (nSPS) is 10.5. The summed E-state index contributed by atoms with van der Waals surface area (Å²) < 4.78 is 0. The summed E-state index contributed by atoms with van der Waals surface area (Å²) in [6.07, 6.45) is 2.47. The Morgan fingerprint density at radius 2 is 2.17 bits per heavy atom. The first-order valence-corrected chi connectivity index (χ1v) is 6.37. The van der Waals surface area contributed by atoms with Crippen LogP contribution in [0.1, 0.15) is 13.3 Å². The minimum Gasteiger partial charge on any atom is -0.393 e. The molecule has 0 amide bonds. The number of hydrogen-bond donors (Lipinski definition) is 1. The van der Waals surface area contributed by atoms with E-state index in [-0.39, 0.29) is 0 Å². The van der Waals surface area contributed by atoms with Crippen molar-refractivity contribution in [3.63, 3.8) is 0 Å². The van der Waals surface area contributed by atoms with Gasteiger partial charge in [0, 0.05) is 30.3 Å². The van der Waals surface area contributed by atoms with Gasteiger partial charge in [-0.1, -0.05) is 36.5 Å². The van der Waals surface area contributed by atoms with Crippen molar-refractivity contribution in [2.45, 2.75) is 13.3 Å². The minimum atomic E-state index is 0.529. The molecule has 0 fully saturated rings. The Balaban J connectivity index is 2.35. The number of anilines is 1. The zero-order valence-corrected chi connectivity index (χ0v) is 11.2. The summed E-state index contributed by atoms with van der Waals surface area (Å²) in [5.41, 5.74) is 5.55. The van der Waals surface area contributed by atoms with Gasteiger partial charge in [-0.05, 0) is 6.92 Å². The fourth-order valence-electron chi connectivity index (χ4n) is 1.91. The van der Waals surface area contributed by atoms with Crippen molar-refractivity contribution in [3.8, 4) is 0 Å². The van der Waals surface area contributed by atoms with Gasteiger partial charge in [-0.25, -0.2) is 0 Å². The molecular weight excluding hydrogens is 244 g/mol. The van der Waals surface area contributed by atoms with Crippen LogP contribution in [0.15, 0.2) is 30.5 Å². The molecule has 1 heterocycles. The van der Waals surface area contributed by atoms with Crippen LogP contribution >= 0.6 is 12.2 Å². The molecule has 5 heteroatoms. The highest BCUT2D eigenvalue weighted by Crippen LogP contribution is 2.22. The molecular formula is C13H16N4S. The zero-order valence-electron chi connectivity index (χ0n) is 10.3. The Labute approximate surface area is 112 Å². The average molecular weight is 260 g/mol. The maximum Gasteiger partial charge on any atom is 0.159 e. The number of nitrogens with two attached hydrogens (primary N) is 1. The number of rotatable bonds is 5. The number of nitrogens with zero attached hydrogens (tertiary/aromatic N) is 3. The van der Waals surface area contributed by atoms with E-state index in [1.807, 2.05) is 18.2 Å². The lowest BCUT2D eigenvalue weighted by atomic mass is 10.2. The van der Waals surface area contributed by atoms with Crippen molar-refractivity contribution in [1.29, 1.82) is 0 Å². The monoisotopic (exact) mass is 260 g/mol. The molecule has 18 heavy (non-hydrogen) atoms. The Morgan fingerprint density at radius 3 is 2.89 bits per heavy atom. The lowest BCUT2D eigenvalue weighted by molar-refractivity contribution is 0.809. The van der Waals surface area contributed by atoms with Gasteiger partial charge in [0.1, 0.15) is 0 Å². The van der Waals surface area contributed by atoms with E-state index in [2.05, 4.69) is 28.1 Å². The molecule has 0 aliphatic rings. The second-order valence-corrected chi connectivity index (χ2v) is 4.58. The van der Waals surface area contributed by atoms with Crippen LogP contribution in [0.4, 0.5) is 5.82 Å². The molecule has 0 saturated heterocycles. The summed E-state index contributed by atoms with van der Waals surface area (Å²) in [4.78, 5) is 2.68. The van der Waals surface area contributed by atoms with Gasteiger partial charge in [0.15, 0.2) is 5.82 Å². The van der Waals surface area contributed by atoms with Gasteiger partial charge >= 0.3 is 0 Å². The summed E-state index contributed by atoms with van der Waals surface area (Å²) in [6, 6.07) is 8.10. The molecule has 1 aromatic carbocycles. The largest absolute Gasteiger partial charge is 0.393 e. The molecule has 4 nitrogen and oxygen atoms in total. The summed E-state index contributed by atoms with van der Waals surface area (Å²) in [5.74, 6) is 0.895. The molecule has 0 atom stereocenters. The molecule has 2 N–H and O–H groups in total. The highest BCUT2D eigenvalue weighted by molar-refractivity contribution is 7.80. The molecule has 0 aliphatic heterocycles. The molecule has 0 aliphatic carbocycles. The lowest BCUT2D eigenvalue weighted by Gasteiger charge is -2.22. The number of fused-ring (bicyclic) bond motifs is 1. The Hall–Kier alpha value is -1.75. The van der Waals surface area contributed by atoms with Gasteiger partial charge in [-0.2, -0.15) is 5.10 Å². The SMILES string of the molecule is CCN(CCC(N)=S)c1nncc2ccccc12. The number of aromatic nitrogens is 2. The Morgan fingerprint density at radius 1 is 1.39 bits per heavy atom. The first-order valence-electron chi connectivity index (χ1n) is 5.96. The van der Waals surface area contributed by atoms with Gasteiger partial charge in [0.05, 0.1) is 11.2 Å². The van der Waals surface area contributed by atoms with Crippen LogP contribution in [0.25, 0.3) is 10.8 Å². The molecule has 0 saturated carbocycles. The number of thiocarbonyl (C=S) groups is 1. The van der Waals surface area contributed by atoms with Gasteiger partial charge in [0.25, 0.3) is 0 Å². The van der Waals surface area contributed by atoms with Crippen molar-refractivity contribution >= 4 is 33.8 Å². The van der Waals surface area contributed by atoms with Gasteiger partial charge in [-0.15, -0.1) is 5.10 Å². The van der Waals surface area contributed by atoms with Crippen molar-refractivity contribution in [3.05, 3.63) is 30.5 Å². The Kier molecular flexibility index (Phi) is 4.04. The maximum absolute atomic E-state index is 5.55. The Bertz CT molecular complexity index is 550. The zero-order chi connectivity index (χ0) is 13.0. The fraction of sp³-hybridized carbons (Fsp3) is 0.308. The van der Waals surface area contributed by atoms with E-state index in [1.165, 1.54) is 0 Å². The van der Waals surface area contributed by atoms with E-state index in [1.54, 1.807) is 6.20 Å². The second-order valence-electron chi connectivity index (χ2n) is 4.05. The van der Waals surface area contributed by atoms with E-state index in [9.17, 15) is 0 Å². The van der Waals surface area contributed by atoms with E-state index >= 15 is 0 Å². The molecule has 0 spiro atoms. The number of hydrogen-bond acceptors (Lipinski definition) is 4. The fourth-order valence-corrected chi connectivity index (χ4v) is 2.00. The predicted octanol–water partition coefficient (Wildman–Crippen LogP) is 2.13. The van der Waals surface area contributed by atoms with Crippen LogP contribution in [0.2, 0.25) is 0 Å². The van der Waals surface area contributed by atoms with Crippen molar-refractivity contribution < 1.29 is 0 Å². The van der Waals surface area contributed by atoms with Gasteiger partial charge in [-0.3, -0.25) is 0 Å². The minimum absolute atomic E-state index is 0.529. The van der Waals surface area contributed by atoms with E-state index < -0.39 is 0 Å². The summed E-state index contributed by atoms with van der Waals surface area (Å²) in [5, 5.41) is 10.5. The molecule has 2 aromatic rings. The van der Waals surface area contributed by atoms with E-state index in [0.29, 0.717) is 11.4 Å². The highest BCUT2D eigenvalue weighted by atomic mass is 32.1. The quantitative estimate of drug-likeness (QED) is 0.835. The predicted molar refractivity (Wildman–Crippen MR) is 78.8 cm³/mol. The molecule has 0 radical (unpaired) electrons. The van der Waals surface area contributed by atoms with Crippen molar-refractivity contribution in [2.24, 2.45) is 5.73 Å². The topological polar surface area (TPSA) is 55.0 Å². The van der Waals surface area contributed by atoms with Crippen LogP contribution in [-0.4, -0.2) is 28.3 Å². The molecule has 0 unspecified atom stereocenters. The van der Waals surface area contributed by atoms with Gasteiger partial charge in [0.2, 0.25) is 0 Å². The van der Waals surface area contributed by atoms with Crippen molar-refractivity contribution in [2.75, 3.05) is 18.0 Å². The second kappa shape index (κ2) is 5.73.